The zero-order chi connectivity index (χ0) is 14.7. The molecule has 1 atom stereocenters. The number of carbonyl (C=O) groups is 2. The molecule has 2 amide bonds. The van der Waals surface area contributed by atoms with E-state index in [1.807, 2.05) is 0 Å². The molecule has 108 valence electrons. The van der Waals surface area contributed by atoms with Gasteiger partial charge < -0.3 is 9.80 Å². The number of nitrogens with zero attached hydrogens (tertiary/aromatic N) is 2. The first-order valence-electron chi connectivity index (χ1n) is 6.47. The minimum atomic E-state index is -1.03. The first kappa shape index (κ1) is 14.7. The van der Waals surface area contributed by atoms with Crippen molar-refractivity contribution in [2.24, 2.45) is 0 Å². The van der Waals surface area contributed by atoms with Gasteiger partial charge >= 0.3 is 0 Å². The second kappa shape index (κ2) is 6.17. The van der Waals surface area contributed by atoms with E-state index in [4.69, 9.17) is 0 Å². The Morgan fingerprint density at radius 1 is 1.00 bits per heavy atom. The fraction of sp³-hybridized carbons (Fsp3) is 0.429. The van der Waals surface area contributed by atoms with Crippen molar-refractivity contribution < 1.29 is 13.8 Å². The molecular weight excluding hydrogens is 276 g/mol. The maximum atomic E-state index is 12.3. The molecule has 1 saturated heterocycles. The zero-order valence-corrected chi connectivity index (χ0v) is 12.5. The molecule has 1 aromatic rings. The molecule has 0 saturated carbocycles. The monoisotopic (exact) mass is 294 g/mol. The fourth-order valence-corrected chi connectivity index (χ4v) is 2.72. The van der Waals surface area contributed by atoms with Crippen LogP contribution in [-0.4, -0.2) is 58.3 Å². The van der Waals surface area contributed by atoms with Crippen LogP contribution in [0.4, 0.5) is 0 Å². The smallest absolute Gasteiger partial charge is 0.253 e. The molecule has 1 fully saturated rings. The van der Waals surface area contributed by atoms with Crippen LogP contribution in [0, 0.1) is 0 Å². The van der Waals surface area contributed by atoms with Crippen molar-refractivity contribution in [1.82, 2.24) is 9.80 Å². The van der Waals surface area contributed by atoms with Crippen molar-refractivity contribution in [3.63, 3.8) is 0 Å². The molecule has 0 bridgehead atoms. The van der Waals surface area contributed by atoms with Gasteiger partial charge in [-0.25, -0.2) is 0 Å². The van der Waals surface area contributed by atoms with E-state index in [1.54, 1.807) is 47.2 Å². The van der Waals surface area contributed by atoms with Crippen molar-refractivity contribution in [2.75, 3.05) is 32.4 Å². The maximum absolute atomic E-state index is 12.3. The van der Waals surface area contributed by atoms with Crippen LogP contribution < -0.4 is 0 Å². The van der Waals surface area contributed by atoms with E-state index in [-0.39, 0.29) is 11.8 Å². The van der Waals surface area contributed by atoms with Gasteiger partial charge in [0.25, 0.3) is 5.91 Å². The van der Waals surface area contributed by atoms with Crippen LogP contribution in [0.5, 0.6) is 0 Å². The second-order valence-corrected chi connectivity index (χ2v) is 6.16. The lowest BCUT2D eigenvalue weighted by Gasteiger charge is -2.34. The molecule has 20 heavy (non-hydrogen) atoms. The van der Waals surface area contributed by atoms with Gasteiger partial charge in [-0.1, -0.05) is 0 Å². The fourth-order valence-electron chi connectivity index (χ4n) is 2.20. The molecule has 2 rings (SSSR count). The molecular formula is C14H18N2O3S. The van der Waals surface area contributed by atoms with Gasteiger partial charge in [-0.3, -0.25) is 13.8 Å². The number of piperazine rings is 1. The minimum absolute atomic E-state index is 0.0402. The molecule has 0 spiro atoms. The number of benzene rings is 1. The van der Waals surface area contributed by atoms with Gasteiger partial charge in [0.2, 0.25) is 5.91 Å². The summed E-state index contributed by atoms with van der Waals surface area (Å²) in [7, 11) is -1.03. The normalized spacial score (nSPS) is 16.9. The summed E-state index contributed by atoms with van der Waals surface area (Å²) in [5.41, 5.74) is 0.593. The van der Waals surface area contributed by atoms with E-state index in [0.29, 0.717) is 36.6 Å². The lowest BCUT2D eigenvalue weighted by Crippen LogP contribution is -2.50. The Morgan fingerprint density at radius 2 is 1.50 bits per heavy atom. The van der Waals surface area contributed by atoms with E-state index >= 15 is 0 Å². The van der Waals surface area contributed by atoms with E-state index in [1.165, 1.54) is 0 Å². The maximum Gasteiger partial charge on any atom is 0.253 e. The summed E-state index contributed by atoms with van der Waals surface area (Å²) in [6.45, 7) is 3.82. The SMILES string of the molecule is CC(=O)N1CCN(C(=O)c2ccc(S(C)=O)cc2)CC1. The standard InChI is InChI=1S/C14H18N2O3S/c1-11(17)15-7-9-16(10-8-15)14(18)12-3-5-13(6-4-12)20(2)19/h3-6H,7-10H2,1-2H3. The van der Waals surface area contributed by atoms with Crippen LogP contribution in [0.2, 0.25) is 0 Å². The topological polar surface area (TPSA) is 57.7 Å². The van der Waals surface area contributed by atoms with Gasteiger partial charge in [0.05, 0.1) is 0 Å². The summed E-state index contributed by atoms with van der Waals surface area (Å²) in [4.78, 5) is 27.7. The predicted octanol–water partition coefficient (Wildman–Crippen LogP) is 0.728. The Bertz CT molecular complexity index is 534. The van der Waals surface area contributed by atoms with Gasteiger partial charge in [-0.15, -0.1) is 0 Å². The highest BCUT2D eigenvalue weighted by Gasteiger charge is 2.23. The molecule has 1 heterocycles. The van der Waals surface area contributed by atoms with E-state index in [9.17, 15) is 13.8 Å². The van der Waals surface area contributed by atoms with E-state index in [0.717, 1.165) is 0 Å². The average molecular weight is 294 g/mol. The quantitative estimate of drug-likeness (QED) is 0.808. The zero-order valence-electron chi connectivity index (χ0n) is 11.7. The van der Waals surface area contributed by atoms with Gasteiger partial charge in [0.1, 0.15) is 0 Å². The lowest BCUT2D eigenvalue weighted by molar-refractivity contribution is -0.130. The Kier molecular flexibility index (Phi) is 4.54. The largest absolute Gasteiger partial charge is 0.339 e. The van der Waals surface area contributed by atoms with Crippen molar-refractivity contribution in [3.05, 3.63) is 29.8 Å². The van der Waals surface area contributed by atoms with E-state index < -0.39 is 10.8 Å². The molecule has 0 radical (unpaired) electrons. The van der Waals surface area contributed by atoms with Gasteiger partial charge in [0.15, 0.2) is 0 Å². The van der Waals surface area contributed by atoms with Gasteiger partial charge in [-0.2, -0.15) is 0 Å². The Balaban J connectivity index is 2.01. The second-order valence-electron chi connectivity index (χ2n) is 4.78. The van der Waals surface area contributed by atoms with Crippen molar-refractivity contribution in [3.8, 4) is 0 Å². The Morgan fingerprint density at radius 3 is 1.95 bits per heavy atom. The van der Waals surface area contributed by atoms with Crippen LogP contribution in [0.1, 0.15) is 17.3 Å². The molecule has 5 nitrogen and oxygen atoms in total. The molecule has 0 aromatic heterocycles. The molecule has 0 aliphatic carbocycles. The number of rotatable bonds is 2. The van der Waals surface area contributed by atoms with Crippen LogP contribution in [0.25, 0.3) is 0 Å². The molecule has 1 unspecified atom stereocenters. The van der Waals surface area contributed by atoms with Crippen molar-refractivity contribution in [1.29, 1.82) is 0 Å². The number of amides is 2. The highest BCUT2D eigenvalue weighted by Crippen LogP contribution is 2.12. The van der Waals surface area contributed by atoms with Crippen LogP contribution in [0.15, 0.2) is 29.2 Å². The molecule has 1 aromatic carbocycles. The van der Waals surface area contributed by atoms with Crippen LogP contribution in [0.3, 0.4) is 0 Å². The summed E-state index contributed by atoms with van der Waals surface area (Å²) < 4.78 is 11.3. The highest BCUT2D eigenvalue weighted by atomic mass is 32.2. The van der Waals surface area contributed by atoms with Crippen LogP contribution >= 0.6 is 0 Å². The summed E-state index contributed by atoms with van der Waals surface area (Å²) in [6, 6.07) is 6.84. The van der Waals surface area contributed by atoms with E-state index in [2.05, 4.69) is 0 Å². The molecule has 1 aliphatic heterocycles. The summed E-state index contributed by atoms with van der Waals surface area (Å²) in [5, 5.41) is 0. The average Bonchev–Trinajstić information content (AvgIpc) is 2.46. The third-order valence-corrected chi connectivity index (χ3v) is 4.38. The summed E-state index contributed by atoms with van der Waals surface area (Å²) >= 11 is 0. The molecule has 1 aliphatic rings. The third kappa shape index (κ3) is 3.25. The Labute approximate surface area is 121 Å². The van der Waals surface area contributed by atoms with Crippen molar-refractivity contribution >= 4 is 22.6 Å². The minimum Gasteiger partial charge on any atom is -0.339 e. The lowest BCUT2D eigenvalue weighted by atomic mass is 10.2. The van der Waals surface area contributed by atoms with Crippen molar-refractivity contribution in [2.45, 2.75) is 11.8 Å². The van der Waals surface area contributed by atoms with Crippen LogP contribution in [-0.2, 0) is 15.6 Å². The summed E-state index contributed by atoms with van der Waals surface area (Å²) in [6.07, 6.45) is 1.61. The number of hydrogen-bond acceptors (Lipinski definition) is 3. The highest BCUT2D eigenvalue weighted by molar-refractivity contribution is 7.84. The first-order chi connectivity index (χ1) is 9.49. The Hall–Kier alpha value is -1.69. The van der Waals surface area contributed by atoms with Gasteiger partial charge in [-0.05, 0) is 24.3 Å². The summed E-state index contributed by atoms with van der Waals surface area (Å²) in [5.74, 6) is 0.00788. The number of carbonyl (C=O) groups excluding carboxylic acids is 2. The number of hydrogen-bond donors (Lipinski definition) is 0. The molecule has 6 heteroatoms. The molecule has 0 N–H and O–H groups in total. The third-order valence-electron chi connectivity index (χ3n) is 3.45. The predicted molar refractivity (Wildman–Crippen MR) is 76.9 cm³/mol. The van der Waals surface area contributed by atoms with Gasteiger partial charge in [0, 0.05) is 60.6 Å². The first-order valence-corrected chi connectivity index (χ1v) is 8.03.